The molecule has 1 unspecified atom stereocenters. The van der Waals surface area contributed by atoms with E-state index >= 15 is 0 Å². The highest BCUT2D eigenvalue weighted by Gasteiger charge is 2.20. The number of hydrogen-bond donors (Lipinski definition) is 4. The number of amides is 1. The first kappa shape index (κ1) is 13.8. The average molecular weight is 220 g/mol. The van der Waals surface area contributed by atoms with Crippen LogP contribution in [0.15, 0.2) is 0 Å². The summed E-state index contributed by atoms with van der Waals surface area (Å²) in [7, 11) is 1.41. The molecule has 1 amide bonds. The van der Waals surface area contributed by atoms with E-state index in [0.717, 1.165) is 0 Å². The van der Waals surface area contributed by atoms with Gasteiger partial charge in [-0.25, -0.2) is 4.79 Å². The molecule has 0 aromatic rings. The van der Waals surface area contributed by atoms with E-state index in [1.165, 1.54) is 7.11 Å². The van der Waals surface area contributed by atoms with Gasteiger partial charge in [0.1, 0.15) is 6.04 Å². The minimum atomic E-state index is -1.28. The molecule has 0 heterocycles. The van der Waals surface area contributed by atoms with Crippen LogP contribution in [0.2, 0.25) is 0 Å². The maximum absolute atomic E-state index is 11.2. The van der Waals surface area contributed by atoms with Crippen LogP contribution < -0.4 is 11.1 Å². The third-order valence-corrected chi connectivity index (χ3v) is 1.83. The quantitative estimate of drug-likeness (QED) is 0.390. The Morgan fingerprint density at radius 2 is 2.13 bits per heavy atom. The lowest BCUT2D eigenvalue weighted by Gasteiger charge is -2.15. The first-order valence-electron chi connectivity index (χ1n) is 4.41. The molecule has 0 aliphatic rings. The standard InChI is InChI=1S/C8H16N2O5/c1-15-5(3-9)2-7(12)10-6(4-11)8(13)14/h5-6,11H,2-4,9H2,1H3,(H,10,12)(H,13,14)/t5?,6-/m1/s1. The highest BCUT2D eigenvalue weighted by Crippen LogP contribution is 1.95. The van der Waals surface area contributed by atoms with Gasteiger partial charge in [-0.1, -0.05) is 0 Å². The second kappa shape index (κ2) is 7.16. The fourth-order valence-corrected chi connectivity index (χ4v) is 0.908. The number of carboxylic acids is 1. The van der Waals surface area contributed by atoms with Crippen LogP contribution in [0, 0.1) is 0 Å². The van der Waals surface area contributed by atoms with Gasteiger partial charge >= 0.3 is 5.97 Å². The Bertz CT molecular complexity index is 217. The van der Waals surface area contributed by atoms with Crippen LogP contribution in [0.4, 0.5) is 0 Å². The summed E-state index contributed by atoms with van der Waals surface area (Å²) in [5.74, 6) is -1.80. The predicted octanol–water partition coefficient (Wildman–Crippen LogP) is -2.09. The number of carboxylic acid groups (broad SMARTS) is 1. The van der Waals surface area contributed by atoms with Gasteiger partial charge in [0.2, 0.25) is 5.91 Å². The Hall–Kier alpha value is -1.18. The zero-order chi connectivity index (χ0) is 11.8. The summed E-state index contributed by atoms with van der Waals surface area (Å²) >= 11 is 0. The van der Waals surface area contributed by atoms with E-state index in [2.05, 4.69) is 5.32 Å². The molecule has 0 saturated heterocycles. The first-order valence-corrected chi connectivity index (χ1v) is 4.41. The predicted molar refractivity (Wildman–Crippen MR) is 51.1 cm³/mol. The summed E-state index contributed by atoms with van der Waals surface area (Å²) in [5, 5.41) is 19.3. The molecule has 88 valence electrons. The van der Waals surface area contributed by atoms with Crippen molar-refractivity contribution in [1.29, 1.82) is 0 Å². The molecule has 7 heteroatoms. The lowest BCUT2D eigenvalue weighted by molar-refractivity contribution is -0.143. The van der Waals surface area contributed by atoms with Crippen molar-refractivity contribution >= 4 is 11.9 Å². The Labute approximate surface area is 87.2 Å². The summed E-state index contributed by atoms with van der Waals surface area (Å²) in [6, 6.07) is -1.28. The number of hydrogen-bond acceptors (Lipinski definition) is 5. The van der Waals surface area contributed by atoms with Gasteiger partial charge in [-0.3, -0.25) is 4.79 Å². The summed E-state index contributed by atoms with van der Waals surface area (Å²) in [5.41, 5.74) is 5.28. The SMILES string of the molecule is COC(CN)CC(=O)N[C@H](CO)C(=O)O. The number of carbonyl (C=O) groups excluding carboxylic acids is 1. The Morgan fingerprint density at radius 3 is 2.47 bits per heavy atom. The zero-order valence-electron chi connectivity index (χ0n) is 8.47. The molecule has 0 fully saturated rings. The van der Waals surface area contributed by atoms with E-state index < -0.39 is 30.6 Å². The van der Waals surface area contributed by atoms with Crippen molar-refractivity contribution in [1.82, 2.24) is 5.32 Å². The molecular weight excluding hydrogens is 204 g/mol. The average Bonchev–Trinajstić information content (AvgIpc) is 2.22. The van der Waals surface area contributed by atoms with Crippen LogP contribution in [-0.2, 0) is 14.3 Å². The minimum Gasteiger partial charge on any atom is -0.480 e. The fraction of sp³-hybridized carbons (Fsp3) is 0.750. The maximum atomic E-state index is 11.2. The summed E-state index contributed by atoms with van der Waals surface area (Å²) in [6.45, 7) is -0.484. The molecule has 0 radical (unpaired) electrons. The van der Waals surface area contributed by atoms with Crippen molar-refractivity contribution in [2.24, 2.45) is 5.73 Å². The Kier molecular flexibility index (Phi) is 6.59. The third kappa shape index (κ3) is 5.31. The van der Waals surface area contributed by atoms with E-state index in [-0.39, 0.29) is 13.0 Å². The number of ether oxygens (including phenoxy) is 1. The van der Waals surface area contributed by atoms with Crippen molar-refractivity contribution in [2.75, 3.05) is 20.3 Å². The lowest BCUT2D eigenvalue weighted by Crippen LogP contribution is -2.44. The van der Waals surface area contributed by atoms with Crippen LogP contribution in [0.5, 0.6) is 0 Å². The molecule has 0 aliphatic heterocycles. The van der Waals surface area contributed by atoms with Gasteiger partial charge in [0.05, 0.1) is 19.1 Å². The largest absolute Gasteiger partial charge is 0.480 e. The van der Waals surface area contributed by atoms with Crippen LogP contribution >= 0.6 is 0 Å². The van der Waals surface area contributed by atoms with Crippen molar-refractivity contribution in [3.05, 3.63) is 0 Å². The molecule has 0 aromatic heterocycles. The van der Waals surface area contributed by atoms with Crippen LogP contribution in [0.25, 0.3) is 0 Å². The van der Waals surface area contributed by atoms with E-state index in [4.69, 9.17) is 20.7 Å². The van der Waals surface area contributed by atoms with Gasteiger partial charge in [-0.15, -0.1) is 0 Å². The van der Waals surface area contributed by atoms with E-state index in [1.54, 1.807) is 0 Å². The molecule has 5 N–H and O–H groups in total. The number of rotatable bonds is 7. The molecule has 2 atom stereocenters. The number of aliphatic carboxylic acids is 1. The summed E-state index contributed by atoms with van der Waals surface area (Å²) < 4.78 is 4.85. The lowest BCUT2D eigenvalue weighted by atomic mass is 10.2. The second-order valence-electron chi connectivity index (χ2n) is 2.94. The van der Waals surface area contributed by atoms with Gasteiger partial charge in [-0.2, -0.15) is 0 Å². The van der Waals surface area contributed by atoms with E-state index in [0.29, 0.717) is 0 Å². The highest BCUT2D eigenvalue weighted by atomic mass is 16.5. The molecule has 0 rings (SSSR count). The molecule has 0 saturated carbocycles. The molecule has 0 spiro atoms. The number of methoxy groups -OCH3 is 1. The van der Waals surface area contributed by atoms with E-state index in [1.807, 2.05) is 0 Å². The fourth-order valence-electron chi connectivity index (χ4n) is 0.908. The zero-order valence-corrected chi connectivity index (χ0v) is 8.47. The molecule has 15 heavy (non-hydrogen) atoms. The van der Waals surface area contributed by atoms with Crippen LogP contribution in [0.1, 0.15) is 6.42 Å². The van der Waals surface area contributed by atoms with Crippen LogP contribution in [-0.4, -0.2) is 54.5 Å². The molecule has 0 bridgehead atoms. The van der Waals surface area contributed by atoms with Crippen molar-refractivity contribution in [3.63, 3.8) is 0 Å². The number of nitrogens with two attached hydrogens (primary N) is 1. The molecule has 0 aliphatic carbocycles. The smallest absolute Gasteiger partial charge is 0.328 e. The Balaban J connectivity index is 4.06. The Morgan fingerprint density at radius 1 is 1.53 bits per heavy atom. The van der Waals surface area contributed by atoms with Crippen molar-refractivity contribution < 1.29 is 24.5 Å². The number of aliphatic hydroxyl groups is 1. The van der Waals surface area contributed by atoms with E-state index in [9.17, 15) is 9.59 Å². The number of carbonyl (C=O) groups is 2. The van der Waals surface area contributed by atoms with Gasteiger partial charge in [0.15, 0.2) is 0 Å². The monoisotopic (exact) mass is 220 g/mol. The first-order chi connectivity index (χ1) is 7.04. The molecular formula is C8H16N2O5. The van der Waals surface area contributed by atoms with Gasteiger partial charge in [-0.05, 0) is 0 Å². The number of aliphatic hydroxyl groups excluding tert-OH is 1. The minimum absolute atomic E-state index is 0.0310. The maximum Gasteiger partial charge on any atom is 0.328 e. The van der Waals surface area contributed by atoms with Crippen molar-refractivity contribution in [3.8, 4) is 0 Å². The van der Waals surface area contributed by atoms with Gasteiger partial charge < -0.3 is 26.0 Å². The molecule has 0 aromatic carbocycles. The molecule has 7 nitrogen and oxygen atoms in total. The van der Waals surface area contributed by atoms with Gasteiger partial charge in [0.25, 0.3) is 0 Å². The normalized spacial score (nSPS) is 14.3. The van der Waals surface area contributed by atoms with Crippen LogP contribution in [0.3, 0.4) is 0 Å². The second-order valence-corrected chi connectivity index (χ2v) is 2.94. The topological polar surface area (TPSA) is 122 Å². The summed E-state index contributed by atoms with van der Waals surface area (Å²) in [6.07, 6.45) is -0.477. The highest BCUT2D eigenvalue weighted by molar-refractivity contribution is 5.83. The van der Waals surface area contributed by atoms with Gasteiger partial charge in [0, 0.05) is 13.7 Å². The van der Waals surface area contributed by atoms with Crippen molar-refractivity contribution in [2.45, 2.75) is 18.6 Å². The third-order valence-electron chi connectivity index (χ3n) is 1.83. The summed E-state index contributed by atoms with van der Waals surface area (Å²) in [4.78, 5) is 21.7. The number of nitrogens with one attached hydrogen (secondary N) is 1.